The van der Waals surface area contributed by atoms with Crippen LogP contribution in [0.5, 0.6) is 0 Å². The lowest BCUT2D eigenvalue weighted by molar-refractivity contribution is 0.0954. The molecule has 116 valence electrons. The van der Waals surface area contributed by atoms with Gasteiger partial charge in [-0.2, -0.15) is 0 Å². The van der Waals surface area contributed by atoms with E-state index in [9.17, 15) is 4.79 Å². The number of carbonyl (C=O) groups is 1. The molecule has 0 bridgehead atoms. The Balaban J connectivity index is 0.00000176. The van der Waals surface area contributed by atoms with Crippen LogP contribution >= 0.6 is 12.4 Å². The molecule has 3 rings (SSSR count). The van der Waals surface area contributed by atoms with E-state index in [1.165, 1.54) is 23.1 Å². The lowest BCUT2D eigenvalue weighted by atomic mass is 10.1. The Morgan fingerprint density at radius 2 is 1.77 bits per heavy atom. The van der Waals surface area contributed by atoms with Crippen molar-refractivity contribution >= 4 is 24.0 Å². The van der Waals surface area contributed by atoms with E-state index in [4.69, 9.17) is 5.73 Å². The molecule has 4 heteroatoms. The molecule has 0 heterocycles. The van der Waals surface area contributed by atoms with Crippen LogP contribution in [0.3, 0.4) is 0 Å². The predicted octanol–water partition coefficient (Wildman–Crippen LogP) is 3.15. The maximum Gasteiger partial charge on any atom is 0.251 e. The summed E-state index contributed by atoms with van der Waals surface area (Å²) in [4.78, 5) is 12.2. The van der Waals surface area contributed by atoms with Gasteiger partial charge in [-0.25, -0.2) is 0 Å². The summed E-state index contributed by atoms with van der Waals surface area (Å²) in [6, 6.07) is 13.8. The molecule has 0 unspecified atom stereocenters. The minimum Gasteiger partial charge on any atom is -0.399 e. The second-order valence-corrected chi connectivity index (χ2v) is 5.58. The van der Waals surface area contributed by atoms with Gasteiger partial charge in [0.15, 0.2) is 0 Å². The summed E-state index contributed by atoms with van der Waals surface area (Å²) in [5.74, 6) is 0.0140. The monoisotopic (exact) mass is 316 g/mol. The Labute approximate surface area is 137 Å². The number of anilines is 1. The molecule has 0 saturated carbocycles. The van der Waals surface area contributed by atoms with E-state index in [0.29, 0.717) is 6.54 Å². The van der Waals surface area contributed by atoms with Crippen molar-refractivity contribution in [2.75, 3.05) is 12.3 Å². The maximum atomic E-state index is 12.2. The van der Waals surface area contributed by atoms with Gasteiger partial charge in [-0.15, -0.1) is 12.4 Å². The van der Waals surface area contributed by atoms with Crippen molar-refractivity contribution in [1.29, 1.82) is 0 Å². The number of benzene rings is 2. The summed E-state index contributed by atoms with van der Waals surface area (Å²) >= 11 is 0. The highest BCUT2D eigenvalue weighted by atomic mass is 35.5. The summed E-state index contributed by atoms with van der Waals surface area (Å²) in [7, 11) is 0. The van der Waals surface area contributed by atoms with Gasteiger partial charge in [-0.1, -0.05) is 18.2 Å². The summed E-state index contributed by atoms with van der Waals surface area (Å²) in [5.41, 5.74) is 11.1. The highest BCUT2D eigenvalue weighted by Gasteiger charge is 2.13. The number of aryl methyl sites for hydroxylation is 2. The molecule has 22 heavy (non-hydrogen) atoms. The molecule has 0 radical (unpaired) electrons. The van der Waals surface area contributed by atoms with Gasteiger partial charge >= 0.3 is 0 Å². The molecule has 0 aliphatic heterocycles. The number of nitrogens with two attached hydrogens (primary N) is 1. The highest BCUT2D eigenvalue weighted by molar-refractivity contribution is 5.94. The molecule has 0 atom stereocenters. The third kappa shape index (κ3) is 3.80. The fourth-order valence-corrected chi connectivity index (χ4v) is 2.82. The smallest absolute Gasteiger partial charge is 0.251 e. The van der Waals surface area contributed by atoms with Gasteiger partial charge in [0.1, 0.15) is 0 Å². The van der Waals surface area contributed by atoms with Crippen molar-refractivity contribution in [3.05, 3.63) is 64.7 Å². The molecule has 2 aromatic carbocycles. The summed E-state index contributed by atoms with van der Waals surface area (Å²) in [6.45, 7) is 0.639. The molecule has 1 amide bonds. The van der Waals surface area contributed by atoms with Gasteiger partial charge in [0.25, 0.3) is 5.91 Å². The van der Waals surface area contributed by atoms with E-state index in [1.54, 1.807) is 0 Å². The number of hydrogen-bond donors (Lipinski definition) is 2. The normalized spacial score (nSPS) is 12.4. The second kappa shape index (κ2) is 7.32. The molecule has 3 nitrogen and oxygen atoms in total. The first kappa shape index (κ1) is 16.4. The molecule has 1 aliphatic carbocycles. The highest BCUT2D eigenvalue weighted by Crippen LogP contribution is 2.22. The van der Waals surface area contributed by atoms with Crippen LogP contribution in [0.4, 0.5) is 5.69 Å². The lowest BCUT2D eigenvalue weighted by Crippen LogP contribution is -2.25. The SMILES string of the molecule is Cl.Nc1ccc(CCNC(=O)c2ccc3c(c2)CCC3)cc1. The van der Waals surface area contributed by atoms with Crippen molar-refractivity contribution in [2.24, 2.45) is 0 Å². The maximum absolute atomic E-state index is 12.2. The van der Waals surface area contributed by atoms with E-state index in [0.717, 1.165) is 30.5 Å². The number of nitrogens with one attached hydrogen (secondary N) is 1. The number of rotatable bonds is 4. The molecule has 0 spiro atoms. The van der Waals surface area contributed by atoms with E-state index < -0.39 is 0 Å². The molecule has 3 N–H and O–H groups in total. The third-order valence-corrected chi connectivity index (χ3v) is 4.04. The van der Waals surface area contributed by atoms with Gasteiger partial charge in [0.2, 0.25) is 0 Å². The minimum atomic E-state index is 0. The van der Waals surface area contributed by atoms with E-state index in [2.05, 4.69) is 11.4 Å². The number of amides is 1. The van der Waals surface area contributed by atoms with Crippen LogP contribution in [0.25, 0.3) is 0 Å². The first-order chi connectivity index (χ1) is 10.2. The van der Waals surface area contributed by atoms with Gasteiger partial charge in [-0.3, -0.25) is 4.79 Å². The first-order valence-corrected chi connectivity index (χ1v) is 7.47. The fourth-order valence-electron chi connectivity index (χ4n) is 2.82. The standard InChI is InChI=1S/C18H20N2O.ClH/c19-17-8-4-13(5-9-17)10-11-20-18(21)16-7-6-14-2-1-3-15(14)12-16;/h4-9,12H,1-3,10-11,19H2,(H,20,21);1H. The third-order valence-electron chi connectivity index (χ3n) is 4.04. The zero-order chi connectivity index (χ0) is 14.7. The average Bonchev–Trinajstić information content (AvgIpc) is 2.96. The van der Waals surface area contributed by atoms with Crippen molar-refractivity contribution in [3.8, 4) is 0 Å². The Kier molecular flexibility index (Phi) is 5.45. The predicted molar refractivity (Wildman–Crippen MR) is 92.6 cm³/mol. The van der Waals surface area contributed by atoms with Crippen LogP contribution in [-0.2, 0) is 19.3 Å². The lowest BCUT2D eigenvalue weighted by Gasteiger charge is -2.07. The zero-order valence-corrected chi connectivity index (χ0v) is 13.3. The Hall–Kier alpha value is -2.00. The van der Waals surface area contributed by atoms with E-state index in [-0.39, 0.29) is 18.3 Å². The quantitative estimate of drug-likeness (QED) is 0.851. The Bertz CT molecular complexity index is 653. The summed E-state index contributed by atoms with van der Waals surface area (Å²) < 4.78 is 0. The Morgan fingerprint density at radius 3 is 2.55 bits per heavy atom. The van der Waals surface area contributed by atoms with Crippen LogP contribution in [0, 0.1) is 0 Å². The zero-order valence-electron chi connectivity index (χ0n) is 12.5. The van der Waals surface area contributed by atoms with Crippen LogP contribution < -0.4 is 11.1 Å². The molecule has 0 saturated heterocycles. The molecule has 2 aromatic rings. The van der Waals surface area contributed by atoms with Crippen LogP contribution in [0.15, 0.2) is 42.5 Å². The van der Waals surface area contributed by atoms with Crippen LogP contribution in [0.2, 0.25) is 0 Å². The van der Waals surface area contributed by atoms with Gasteiger partial charge < -0.3 is 11.1 Å². The minimum absolute atomic E-state index is 0. The van der Waals surface area contributed by atoms with Crippen molar-refractivity contribution in [1.82, 2.24) is 5.32 Å². The van der Waals surface area contributed by atoms with Crippen molar-refractivity contribution in [3.63, 3.8) is 0 Å². The van der Waals surface area contributed by atoms with E-state index >= 15 is 0 Å². The number of carbonyl (C=O) groups excluding carboxylic acids is 1. The largest absolute Gasteiger partial charge is 0.399 e. The number of fused-ring (bicyclic) bond motifs is 1. The first-order valence-electron chi connectivity index (χ1n) is 7.47. The van der Waals surface area contributed by atoms with Crippen LogP contribution in [0.1, 0.15) is 33.5 Å². The fraction of sp³-hybridized carbons (Fsp3) is 0.278. The van der Waals surface area contributed by atoms with Crippen molar-refractivity contribution in [2.45, 2.75) is 25.7 Å². The molecule has 0 aromatic heterocycles. The molecule has 1 aliphatic rings. The average molecular weight is 317 g/mol. The molecule has 0 fully saturated rings. The van der Waals surface area contributed by atoms with Gasteiger partial charge in [0, 0.05) is 17.8 Å². The Morgan fingerprint density at radius 1 is 1.05 bits per heavy atom. The van der Waals surface area contributed by atoms with E-state index in [1.807, 2.05) is 36.4 Å². The summed E-state index contributed by atoms with van der Waals surface area (Å²) in [5, 5.41) is 2.98. The summed E-state index contributed by atoms with van der Waals surface area (Å²) in [6.07, 6.45) is 4.27. The molecular weight excluding hydrogens is 296 g/mol. The second-order valence-electron chi connectivity index (χ2n) is 5.58. The number of hydrogen-bond acceptors (Lipinski definition) is 2. The topological polar surface area (TPSA) is 55.1 Å². The van der Waals surface area contributed by atoms with Crippen LogP contribution in [-0.4, -0.2) is 12.5 Å². The van der Waals surface area contributed by atoms with Gasteiger partial charge in [-0.05, 0) is 66.6 Å². The number of nitrogen functional groups attached to an aromatic ring is 1. The van der Waals surface area contributed by atoms with Crippen molar-refractivity contribution < 1.29 is 4.79 Å². The number of halogens is 1. The van der Waals surface area contributed by atoms with Gasteiger partial charge in [0.05, 0.1) is 0 Å². The molecular formula is C18H21ClN2O.